The van der Waals surface area contributed by atoms with Crippen LogP contribution in [-0.2, 0) is 6.54 Å². The van der Waals surface area contributed by atoms with E-state index in [1.165, 1.54) is 17.2 Å². The molecule has 0 bridgehead atoms. The molecule has 0 atom stereocenters. The highest BCUT2D eigenvalue weighted by Crippen LogP contribution is 2.30. The van der Waals surface area contributed by atoms with Gasteiger partial charge in [0.1, 0.15) is 0 Å². The number of nitrogens with zero attached hydrogens (tertiary/aromatic N) is 1. The van der Waals surface area contributed by atoms with Crippen LogP contribution in [0.3, 0.4) is 0 Å². The minimum absolute atomic E-state index is 0.225. The quantitative estimate of drug-likeness (QED) is 0.678. The van der Waals surface area contributed by atoms with Gasteiger partial charge < -0.3 is 14.6 Å². The number of carbonyl (C=O) groups excluding carboxylic acids is 1. The van der Waals surface area contributed by atoms with Crippen molar-refractivity contribution in [2.75, 3.05) is 29.5 Å². The Morgan fingerprint density at radius 2 is 1.93 bits per heavy atom. The average Bonchev–Trinajstić information content (AvgIpc) is 3.05. The fourth-order valence-corrected chi connectivity index (χ4v) is 4.45. The molecule has 1 saturated heterocycles. The second-order valence-electron chi connectivity index (χ2n) is 6.62. The van der Waals surface area contributed by atoms with Gasteiger partial charge in [-0.25, -0.2) is 0 Å². The molecular weight excluding hydrogens is 380 g/mol. The number of nitrogens with one attached hydrogen (secondary N) is 1. The van der Waals surface area contributed by atoms with E-state index in [-0.39, 0.29) is 5.91 Å². The van der Waals surface area contributed by atoms with Crippen LogP contribution >= 0.6 is 23.4 Å². The summed E-state index contributed by atoms with van der Waals surface area (Å²) in [6.45, 7) is 4.52. The van der Waals surface area contributed by atoms with Crippen molar-refractivity contribution in [3.8, 4) is 0 Å². The molecule has 1 N–H and O–H groups in total. The maximum atomic E-state index is 12.6. The van der Waals surface area contributed by atoms with E-state index in [0.29, 0.717) is 22.9 Å². The highest BCUT2D eigenvalue weighted by molar-refractivity contribution is 7.99. The highest BCUT2D eigenvalue weighted by atomic mass is 35.5. The first-order chi connectivity index (χ1) is 13.1. The van der Waals surface area contributed by atoms with Crippen molar-refractivity contribution in [1.82, 2.24) is 5.32 Å². The summed E-state index contributed by atoms with van der Waals surface area (Å²) < 4.78 is 5.73. The molecule has 1 amide bonds. The van der Waals surface area contributed by atoms with Crippen LogP contribution in [0.4, 0.5) is 5.69 Å². The third kappa shape index (κ3) is 3.80. The number of aryl methyl sites for hydroxylation is 1. The summed E-state index contributed by atoms with van der Waals surface area (Å²) in [7, 11) is 0. The Morgan fingerprint density at radius 1 is 1.19 bits per heavy atom. The summed E-state index contributed by atoms with van der Waals surface area (Å²) >= 11 is 8.17. The number of para-hydroxylation sites is 1. The molecule has 4 rings (SSSR count). The number of furan rings is 1. The van der Waals surface area contributed by atoms with Gasteiger partial charge in [-0.05, 0) is 30.7 Å². The summed E-state index contributed by atoms with van der Waals surface area (Å²) in [5, 5.41) is 4.33. The number of amides is 1. The van der Waals surface area contributed by atoms with Crippen molar-refractivity contribution in [3.05, 3.63) is 64.4 Å². The summed E-state index contributed by atoms with van der Waals surface area (Å²) in [6.07, 6.45) is 0. The van der Waals surface area contributed by atoms with Gasteiger partial charge in [-0.2, -0.15) is 11.8 Å². The van der Waals surface area contributed by atoms with Gasteiger partial charge >= 0.3 is 0 Å². The normalized spacial score (nSPS) is 14.5. The largest absolute Gasteiger partial charge is 0.449 e. The molecule has 27 heavy (non-hydrogen) atoms. The number of fused-ring (bicyclic) bond motifs is 1. The summed E-state index contributed by atoms with van der Waals surface area (Å²) in [5.41, 5.74) is 3.67. The molecule has 2 aromatic carbocycles. The van der Waals surface area contributed by atoms with Crippen LogP contribution in [0.25, 0.3) is 11.0 Å². The summed E-state index contributed by atoms with van der Waals surface area (Å²) in [4.78, 5) is 15.0. The van der Waals surface area contributed by atoms with Gasteiger partial charge in [0, 0.05) is 47.8 Å². The minimum atomic E-state index is -0.225. The molecule has 0 aliphatic carbocycles. The zero-order valence-electron chi connectivity index (χ0n) is 15.1. The van der Waals surface area contributed by atoms with E-state index in [1.54, 1.807) is 6.07 Å². The Balaban J connectivity index is 1.43. The third-order valence-corrected chi connectivity index (χ3v) is 6.13. The lowest BCUT2D eigenvalue weighted by Gasteiger charge is -2.28. The molecule has 0 radical (unpaired) electrons. The molecule has 2 heterocycles. The van der Waals surface area contributed by atoms with Gasteiger partial charge in [-0.1, -0.05) is 35.9 Å². The number of hydrogen-bond acceptors (Lipinski definition) is 4. The van der Waals surface area contributed by atoms with Gasteiger partial charge in [0.2, 0.25) is 0 Å². The maximum absolute atomic E-state index is 12.6. The van der Waals surface area contributed by atoms with Crippen LogP contribution in [-0.4, -0.2) is 30.5 Å². The fourth-order valence-electron chi connectivity index (χ4n) is 3.33. The Kier molecular flexibility index (Phi) is 5.32. The zero-order valence-corrected chi connectivity index (χ0v) is 16.7. The molecule has 4 nitrogen and oxygen atoms in total. The second-order valence-corrected chi connectivity index (χ2v) is 8.25. The van der Waals surface area contributed by atoms with E-state index in [0.717, 1.165) is 29.6 Å². The van der Waals surface area contributed by atoms with Crippen LogP contribution in [0.2, 0.25) is 5.02 Å². The Morgan fingerprint density at radius 3 is 2.63 bits per heavy atom. The first-order valence-corrected chi connectivity index (χ1v) is 10.5. The smallest absolute Gasteiger partial charge is 0.287 e. The van der Waals surface area contributed by atoms with Crippen molar-refractivity contribution in [2.45, 2.75) is 13.5 Å². The molecule has 1 aliphatic heterocycles. The van der Waals surface area contributed by atoms with Gasteiger partial charge in [0.15, 0.2) is 11.3 Å². The van der Waals surface area contributed by atoms with Crippen molar-refractivity contribution in [2.24, 2.45) is 0 Å². The van der Waals surface area contributed by atoms with Crippen molar-refractivity contribution in [1.29, 1.82) is 0 Å². The lowest BCUT2D eigenvalue weighted by atomic mass is 10.1. The first kappa shape index (κ1) is 18.3. The number of rotatable bonds is 4. The minimum Gasteiger partial charge on any atom is -0.449 e. The molecule has 0 unspecified atom stereocenters. The second kappa shape index (κ2) is 7.87. The topological polar surface area (TPSA) is 45.5 Å². The molecular formula is C21H21ClN2O2S. The summed E-state index contributed by atoms with van der Waals surface area (Å²) in [5.74, 6) is 2.45. The molecule has 6 heteroatoms. The SMILES string of the molecule is Cc1c(C(=O)NCc2ccc(N3CCSCC3)cc2)oc2c(Cl)cccc12. The van der Waals surface area contributed by atoms with Crippen molar-refractivity contribution < 1.29 is 9.21 Å². The lowest BCUT2D eigenvalue weighted by Crippen LogP contribution is -2.32. The van der Waals surface area contributed by atoms with Crippen molar-refractivity contribution in [3.63, 3.8) is 0 Å². The third-order valence-electron chi connectivity index (χ3n) is 4.89. The van der Waals surface area contributed by atoms with Crippen molar-refractivity contribution >= 4 is 45.9 Å². The van der Waals surface area contributed by atoms with E-state index < -0.39 is 0 Å². The summed E-state index contributed by atoms with van der Waals surface area (Å²) in [6, 6.07) is 13.9. The molecule has 1 aliphatic rings. The molecule has 0 spiro atoms. The molecule has 3 aromatic rings. The van der Waals surface area contributed by atoms with E-state index >= 15 is 0 Å². The van der Waals surface area contributed by atoms with E-state index in [9.17, 15) is 4.79 Å². The fraction of sp³-hybridized carbons (Fsp3) is 0.286. The maximum Gasteiger partial charge on any atom is 0.287 e. The number of anilines is 1. The van der Waals surface area contributed by atoms with Gasteiger partial charge in [0.05, 0.1) is 5.02 Å². The Labute approximate surface area is 167 Å². The average molecular weight is 401 g/mol. The van der Waals surface area contributed by atoms with Gasteiger partial charge in [0.25, 0.3) is 5.91 Å². The van der Waals surface area contributed by atoms with Crippen LogP contribution < -0.4 is 10.2 Å². The monoisotopic (exact) mass is 400 g/mol. The zero-order chi connectivity index (χ0) is 18.8. The standard InChI is InChI=1S/C21H21ClN2O2S/c1-14-17-3-2-4-18(22)20(17)26-19(14)21(25)23-13-15-5-7-16(8-6-15)24-9-11-27-12-10-24/h2-8H,9-13H2,1H3,(H,23,25). The lowest BCUT2D eigenvalue weighted by molar-refractivity contribution is 0.0924. The van der Waals surface area contributed by atoms with Crippen LogP contribution in [0.1, 0.15) is 21.7 Å². The predicted molar refractivity (Wildman–Crippen MR) is 113 cm³/mol. The Bertz CT molecular complexity index is 962. The van der Waals surface area contributed by atoms with E-state index in [2.05, 4.69) is 34.5 Å². The number of carbonyl (C=O) groups is 1. The van der Waals surface area contributed by atoms with E-state index in [1.807, 2.05) is 30.8 Å². The number of thioether (sulfide) groups is 1. The first-order valence-electron chi connectivity index (χ1n) is 9.01. The van der Waals surface area contributed by atoms with Gasteiger partial charge in [-0.15, -0.1) is 0 Å². The molecule has 140 valence electrons. The number of halogens is 1. The Hall–Kier alpha value is -2.11. The number of hydrogen-bond donors (Lipinski definition) is 1. The molecule has 0 saturated carbocycles. The molecule has 1 aromatic heterocycles. The predicted octanol–water partition coefficient (Wildman–Crippen LogP) is 4.88. The van der Waals surface area contributed by atoms with Crippen LogP contribution in [0.15, 0.2) is 46.9 Å². The van der Waals surface area contributed by atoms with E-state index in [4.69, 9.17) is 16.0 Å². The highest BCUT2D eigenvalue weighted by Gasteiger charge is 2.19. The number of benzene rings is 2. The van der Waals surface area contributed by atoms with Crippen LogP contribution in [0, 0.1) is 6.92 Å². The van der Waals surface area contributed by atoms with Crippen LogP contribution in [0.5, 0.6) is 0 Å². The molecule has 1 fully saturated rings. The van der Waals surface area contributed by atoms with Gasteiger partial charge in [-0.3, -0.25) is 4.79 Å².